The van der Waals surface area contributed by atoms with Crippen LogP contribution in [0.3, 0.4) is 0 Å². The standard InChI is InChI=1S/C16H18N2/c1-16(2)11-8-12-14(10-6-4-3-5-7-10)17-18-15(12)13(16)9-11/h3-7,11,13H,8-9H2,1-2H3,(H,17,18). The molecule has 1 aromatic heterocycles. The summed E-state index contributed by atoms with van der Waals surface area (Å²) >= 11 is 0. The summed E-state index contributed by atoms with van der Waals surface area (Å²) in [5.74, 6) is 1.53. The van der Waals surface area contributed by atoms with E-state index in [9.17, 15) is 0 Å². The van der Waals surface area contributed by atoms with Crippen molar-refractivity contribution in [2.45, 2.75) is 32.6 Å². The van der Waals surface area contributed by atoms with E-state index >= 15 is 0 Å². The molecule has 1 aromatic carbocycles. The lowest BCUT2D eigenvalue weighted by atomic mass is 9.48. The summed E-state index contributed by atoms with van der Waals surface area (Å²) in [6.07, 6.45) is 2.54. The van der Waals surface area contributed by atoms with E-state index in [2.05, 4.69) is 54.4 Å². The summed E-state index contributed by atoms with van der Waals surface area (Å²) in [4.78, 5) is 0. The average Bonchev–Trinajstić information content (AvgIpc) is 2.83. The largest absolute Gasteiger partial charge is 0.281 e. The number of rotatable bonds is 1. The Morgan fingerprint density at radius 1 is 1.22 bits per heavy atom. The zero-order chi connectivity index (χ0) is 12.3. The van der Waals surface area contributed by atoms with E-state index in [0.717, 1.165) is 5.92 Å². The zero-order valence-electron chi connectivity index (χ0n) is 10.9. The first kappa shape index (κ1) is 10.4. The highest BCUT2D eigenvalue weighted by atomic mass is 15.1. The number of hydrogen-bond donors (Lipinski definition) is 1. The van der Waals surface area contributed by atoms with Gasteiger partial charge in [0.25, 0.3) is 0 Å². The lowest BCUT2D eigenvalue weighted by Crippen LogP contribution is -2.48. The molecule has 0 radical (unpaired) electrons. The fraction of sp³-hybridized carbons (Fsp3) is 0.438. The molecule has 1 N–H and O–H groups in total. The zero-order valence-corrected chi connectivity index (χ0v) is 10.9. The van der Waals surface area contributed by atoms with Crippen molar-refractivity contribution in [1.82, 2.24) is 10.2 Å². The van der Waals surface area contributed by atoms with Gasteiger partial charge in [-0.3, -0.25) is 5.10 Å². The number of benzene rings is 1. The van der Waals surface area contributed by atoms with Gasteiger partial charge < -0.3 is 0 Å². The third-order valence-electron chi connectivity index (χ3n) is 5.22. The Bertz CT molecular complexity index is 595. The summed E-state index contributed by atoms with van der Waals surface area (Å²) in [5, 5.41) is 7.90. The highest BCUT2D eigenvalue weighted by Gasteiger charge is 2.54. The van der Waals surface area contributed by atoms with Crippen molar-refractivity contribution in [3.8, 4) is 11.3 Å². The molecular formula is C16H18N2. The molecule has 2 bridgehead atoms. The molecule has 1 heterocycles. The predicted molar refractivity (Wildman–Crippen MR) is 72.4 cm³/mol. The van der Waals surface area contributed by atoms with Crippen LogP contribution in [0.25, 0.3) is 11.3 Å². The van der Waals surface area contributed by atoms with Crippen molar-refractivity contribution in [2.24, 2.45) is 11.3 Å². The molecule has 2 unspecified atom stereocenters. The van der Waals surface area contributed by atoms with Crippen molar-refractivity contribution in [3.05, 3.63) is 41.6 Å². The first-order chi connectivity index (χ1) is 8.68. The molecule has 0 amide bonds. The first-order valence-electron chi connectivity index (χ1n) is 6.80. The van der Waals surface area contributed by atoms with Gasteiger partial charge in [0.1, 0.15) is 0 Å². The van der Waals surface area contributed by atoms with Crippen LogP contribution in [-0.2, 0) is 6.42 Å². The van der Waals surface area contributed by atoms with Crippen LogP contribution in [0.5, 0.6) is 0 Å². The molecule has 18 heavy (non-hydrogen) atoms. The van der Waals surface area contributed by atoms with Gasteiger partial charge in [-0.15, -0.1) is 0 Å². The Hall–Kier alpha value is -1.57. The summed E-state index contributed by atoms with van der Waals surface area (Å²) in [5.41, 5.74) is 5.76. The highest BCUT2D eigenvalue weighted by Crippen LogP contribution is 2.62. The number of nitrogens with zero attached hydrogens (tertiary/aromatic N) is 1. The van der Waals surface area contributed by atoms with Crippen molar-refractivity contribution < 1.29 is 0 Å². The summed E-state index contributed by atoms with van der Waals surface area (Å²) in [6.45, 7) is 4.80. The SMILES string of the molecule is CC1(C)C2Cc3c(-c4ccccc4)n[nH]c3C1C2. The first-order valence-corrected chi connectivity index (χ1v) is 6.80. The minimum atomic E-state index is 0.466. The summed E-state index contributed by atoms with van der Waals surface area (Å²) in [6, 6.07) is 10.5. The monoisotopic (exact) mass is 238 g/mol. The minimum Gasteiger partial charge on any atom is -0.281 e. The molecule has 0 spiro atoms. The lowest BCUT2D eigenvalue weighted by molar-refractivity contribution is 0.0164. The fourth-order valence-electron chi connectivity index (χ4n) is 3.81. The number of aromatic amines is 1. The van der Waals surface area contributed by atoms with Crippen LogP contribution in [0, 0.1) is 11.3 Å². The van der Waals surface area contributed by atoms with Crippen LogP contribution in [0.1, 0.15) is 37.4 Å². The molecule has 5 rings (SSSR count). The predicted octanol–water partition coefficient (Wildman–Crippen LogP) is 3.76. The van der Waals surface area contributed by atoms with Gasteiger partial charge in [0, 0.05) is 22.7 Å². The van der Waals surface area contributed by atoms with Crippen molar-refractivity contribution in [3.63, 3.8) is 0 Å². The maximum absolute atomic E-state index is 4.59. The van der Waals surface area contributed by atoms with E-state index in [1.54, 1.807) is 0 Å². The van der Waals surface area contributed by atoms with E-state index in [0.29, 0.717) is 11.3 Å². The maximum Gasteiger partial charge on any atom is 0.0955 e. The van der Waals surface area contributed by atoms with Crippen LogP contribution in [0.2, 0.25) is 0 Å². The van der Waals surface area contributed by atoms with Gasteiger partial charge >= 0.3 is 0 Å². The van der Waals surface area contributed by atoms with E-state index in [1.165, 1.54) is 35.4 Å². The smallest absolute Gasteiger partial charge is 0.0955 e. The van der Waals surface area contributed by atoms with E-state index in [1.807, 2.05) is 0 Å². The molecule has 1 fully saturated rings. The molecule has 2 nitrogen and oxygen atoms in total. The second kappa shape index (κ2) is 3.25. The van der Waals surface area contributed by atoms with Crippen LogP contribution < -0.4 is 0 Å². The number of nitrogens with one attached hydrogen (secondary N) is 1. The van der Waals surface area contributed by atoms with Crippen LogP contribution in [-0.4, -0.2) is 10.2 Å². The molecule has 3 aliphatic rings. The molecule has 1 saturated carbocycles. The normalized spacial score (nSPS) is 27.4. The lowest BCUT2D eigenvalue weighted by Gasteiger charge is -2.55. The third-order valence-corrected chi connectivity index (χ3v) is 5.22. The molecule has 2 atom stereocenters. The maximum atomic E-state index is 4.59. The van der Waals surface area contributed by atoms with Gasteiger partial charge in [-0.25, -0.2) is 0 Å². The Morgan fingerprint density at radius 2 is 2.00 bits per heavy atom. The Labute approximate surface area is 107 Å². The van der Waals surface area contributed by atoms with E-state index < -0.39 is 0 Å². The fourth-order valence-corrected chi connectivity index (χ4v) is 3.81. The third kappa shape index (κ3) is 1.16. The second-order valence-electron chi connectivity index (χ2n) is 6.34. The molecule has 92 valence electrons. The van der Waals surface area contributed by atoms with Crippen molar-refractivity contribution in [2.75, 3.05) is 0 Å². The molecule has 0 aliphatic heterocycles. The minimum absolute atomic E-state index is 0.466. The van der Waals surface area contributed by atoms with Crippen LogP contribution in [0.15, 0.2) is 30.3 Å². The molecule has 0 saturated heterocycles. The van der Waals surface area contributed by atoms with Crippen molar-refractivity contribution >= 4 is 0 Å². The Morgan fingerprint density at radius 3 is 2.72 bits per heavy atom. The van der Waals surface area contributed by atoms with Gasteiger partial charge in [-0.05, 0) is 24.2 Å². The number of hydrogen-bond acceptors (Lipinski definition) is 1. The Kier molecular flexibility index (Phi) is 1.87. The van der Waals surface area contributed by atoms with Gasteiger partial charge in [-0.2, -0.15) is 5.10 Å². The molecule has 2 aromatic rings. The molecule has 3 aliphatic carbocycles. The number of H-pyrrole nitrogens is 1. The average molecular weight is 238 g/mol. The van der Waals surface area contributed by atoms with Gasteiger partial charge in [0.2, 0.25) is 0 Å². The van der Waals surface area contributed by atoms with Gasteiger partial charge in [-0.1, -0.05) is 44.2 Å². The van der Waals surface area contributed by atoms with Gasteiger partial charge in [0.05, 0.1) is 5.69 Å². The van der Waals surface area contributed by atoms with Crippen LogP contribution >= 0.6 is 0 Å². The summed E-state index contributed by atoms with van der Waals surface area (Å²) < 4.78 is 0. The van der Waals surface area contributed by atoms with E-state index in [-0.39, 0.29) is 0 Å². The second-order valence-corrected chi connectivity index (χ2v) is 6.34. The quantitative estimate of drug-likeness (QED) is 0.805. The Balaban J connectivity index is 1.83. The van der Waals surface area contributed by atoms with E-state index in [4.69, 9.17) is 0 Å². The highest BCUT2D eigenvalue weighted by molar-refractivity contribution is 5.65. The summed E-state index contributed by atoms with van der Waals surface area (Å²) in [7, 11) is 0. The van der Waals surface area contributed by atoms with Crippen molar-refractivity contribution in [1.29, 1.82) is 0 Å². The topological polar surface area (TPSA) is 28.7 Å². The number of aromatic nitrogens is 2. The van der Waals surface area contributed by atoms with Gasteiger partial charge in [0.15, 0.2) is 0 Å². The molecular weight excluding hydrogens is 220 g/mol. The molecule has 2 heteroatoms. The van der Waals surface area contributed by atoms with Crippen LogP contribution in [0.4, 0.5) is 0 Å².